The van der Waals surface area contributed by atoms with Crippen molar-refractivity contribution >= 4 is 45.8 Å². The minimum absolute atomic E-state index is 0.201. The van der Waals surface area contributed by atoms with Gasteiger partial charge in [-0.1, -0.05) is 23.2 Å². The highest BCUT2D eigenvalue weighted by atomic mass is 35.5. The van der Waals surface area contributed by atoms with Crippen LogP contribution >= 0.6 is 23.2 Å². The first-order valence-corrected chi connectivity index (χ1v) is 8.60. The molecule has 0 unspecified atom stereocenters. The van der Waals surface area contributed by atoms with Gasteiger partial charge in [-0.3, -0.25) is 9.36 Å². The van der Waals surface area contributed by atoms with Crippen molar-refractivity contribution < 1.29 is 4.79 Å². The summed E-state index contributed by atoms with van der Waals surface area (Å²) in [4.78, 5) is 29.2. The summed E-state index contributed by atoms with van der Waals surface area (Å²) in [5, 5.41) is 7.02. The van der Waals surface area contributed by atoms with Crippen molar-refractivity contribution in [3.8, 4) is 0 Å². The third-order valence-corrected chi connectivity index (χ3v) is 4.40. The number of amides is 2. The van der Waals surface area contributed by atoms with Gasteiger partial charge in [0.1, 0.15) is 5.82 Å². The van der Waals surface area contributed by atoms with Crippen LogP contribution in [-0.2, 0) is 7.05 Å². The molecule has 0 saturated carbocycles. The van der Waals surface area contributed by atoms with Gasteiger partial charge >= 0.3 is 6.03 Å². The smallest absolute Gasteiger partial charge is 0.319 e. The molecule has 0 aliphatic heterocycles. The average Bonchev–Trinajstić information content (AvgIpc) is 2.59. The van der Waals surface area contributed by atoms with E-state index in [1.165, 1.54) is 4.57 Å². The van der Waals surface area contributed by atoms with E-state index in [4.69, 9.17) is 23.2 Å². The Balaban J connectivity index is 1.84. The van der Waals surface area contributed by atoms with Gasteiger partial charge in [0.2, 0.25) is 0 Å². The fourth-order valence-electron chi connectivity index (χ4n) is 2.61. The molecule has 0 bridgehead atoms. The molecule has 0 aliphatic rings. The number of hydrogen-bond acceptors (Lipinski definition) is 3. The van der Waals surface area contributed by atoms with Crippen LogP contribution in [0.25, 0.3) is 10.9 Å². The summed E-state index contributed by atoms with van der Waals surface area (Å²) < 4.78 is 1.42. The van der Waals surface area contributed by atoms with E-state index in [1.807, 2.05) is 0 Å². The number of nitrogens with one attached hydrogen (secondary N) is 2. The number of nitrogens with zero attached hydrogens (tertiary/aromatic N) is 2. The Labute approximate surface area is 159 Å². The van der Waals surface area contributed by atoms with E-state index in [1.54, 1.807) is 56.4 Å². The van der Waals surface area contributed by atoms with Gasteiger partial charge < -0.3 is 10.6 Å². The Morgan fingerprint density at radius 1 is 1.12 bits per heavy atom. The Bertz CT molecular complexity index is 1030. The molecule has 0 saturated heterocycles. The van der Waals surface area contributed by atoms with Crippen molar-refractivity contribution in [2.24, 2.45) is 7.05 Å². The summed E-state index contributed by atoms with van der Waals surface area (Å²) in [6.45, 7) is 1.75. The lowest BCUT2D eigenvalue weighted by Crippen LogP contribution is -2.35. The fourth-order valence-corrected chi connectivity index (χ4v) is 2.90. The van der Waals surface area contributed by atoms with Gasteiger partial charge in [0.25, 0.3) is 5.56 Å². The van der Waals surface area contributed by atoms with Gasteiger partial charge in [-0.15, -0.1) is 0 Å². The summed E-state index contributed by atoms with van der Waals surface area (Å²) in [5.74, 6) is 0.427. The fraction of sp³-hybridized carbons (Fsp3) is 0.167. The third-order valence-electron chi connectivity index (χ3n) is 3.91. The molecule has 2 amide bonds. The van der Waals surface area contributed by atoms with Crippen LogP contribution in [0.5, 0.6) is 0 Å². The maximum atomic E-state index is 12.5. The molecule has 2 N–H and O–H groups in total. The van der Waals surface area contributed by atoms with Crippen LogP contribution in [-0.4, -0.2) is 15.6 Å². The monoisotopic (exact) mass is 390 g/mol. The molecule has 2 aromatic carbocycles. The molecule has 1 aromatic heterocycles. The van der Waals surface area contributed by atoms with Crippen LogP contribution in [0.15, 0.2) is 47.3 Å². The Kier molecular flexibility index (Phi) is 5.15. The minimum atomic E-state index is -0.497. The highest BCUT2D eigenvalue weighted by molar-refractivity contribution is 6.31. The van der Waals surface area contributed by atoms with E-state index >= 15 is 0 Å². The summed E-state index contributed by atoms with van der Waals surface area (Å²) in [6.07, 6.45) is 0. The number of carbonyl (C=O) groups excluding carboxylic acids is 1. The molecule has 0 fully saturated rings. The topological polar surface area (TPSA) is 76.0 Å². The van der Waals surface area contributed by atoms with Crippen molar-refractivity contribution in [3.05, 3.63) is 68.7 Å². The molecule has 0 spiro atoms. The molecule has 0 radical (unpaired) electrons. The largest absolute Gasteiger partial charge is 0.328 e. The first kappa shape index (κ1) is 18.2. The maximum absolute atomic E-state index is 12.5. The predicted molar refractivity (Wildman–Crippen MR) is 104 cm³/mol. The van der Waals surface area contributed by atoms with E-state index in [0.717, 1.165) is 0 Å². The van der Waals surface area contributed by atoms with E-state index in [2.05, 4.69) is 15.6 Å². The molecule has 6 nitrogen and oxygen atoms in total. The van der Waals surface area contributed by atoms with Crippen molar-refractivity contribution in [3.63, 3.8) is 0 Å². The molecule has 3 aromatic rings. The van der Waals surface area contributed by atoms with Crippen LogP contribution in [0.3, 0.4) is 0 Å². The van der Waals surface area contributed by atoms with Gasteiger partial charge in [-0.05, 0) is 49.4 Å². The molecule has 3 rings (SSSR count). The number of halogens is 2. The second-order valence-electron chi connectivity index (χ2n) is 5.82. The van der Waals surface area contributed by atoms with Crippen molar-refractivity contribution in [1.29, 1.82) is 0 Å². The third kappa shape index (κ3) is 3.81. The minimum Gasteiger partial charge on any atom is -0.328 e. The lowest BCUT2D eigenvalue weighted by atomic mass is 10.2. The lowest BCUT2D eigenvalue weighted by Gasteiger charge is -2.17. The molecule has 1 atom stereocenters. The molecular weight excluding hydrogens is 375 g/mol. The maximum Gasteiger partial charge on any atom is 0.319 e. The van der Waals surface area contributed by atoms with E-state index in [0.29, 0.717) is 32.5 Å². The Morgan fingerprint density at radius 2 is 1.77 bits per heavy atom. The van der Waals surface area contributed by atoms with Crippen molar-refractivity contribution in [2.45, 2.75) is 13.0 Å². The number of anilines is 1. The Morgan fingerprint density at radius 3 is 2.46 bits per heavy atom. The summed E-state index contributed by atoms with van der Waals surface area (Å²) in [6, 6.07) is 10.7. The first-order valence-electron chi connectivity index (χ1n) is 7.84. The van der Waals surface area contributed by atoms with Crippen molar-refractivity contribution in [1.82, 2.24) is 14.9 Å². The van der Waals surface area contributed by atoms with Gasteiger partial charge in [-0.2, -0.15) is 0 Å². The van der Waals surface area contributed by atoms with Crippen molar-refractivity contribution in [2.75, 3.05) is 5.32 Å². The van der Waals surface area contributed by atoms with Crippen LogP contribution in [0.2, 0.25) is 10.0 Å². The normalized spacial score (nSPS) is 12.0. The van der Waals surface area contributed by atoms with Crippen LogP contribution in [0.1, 0.15) is 18.8 Å². The standard InChI is InChI=1S/C18H16Cl2N4O2/c1-10(21-18(26)22-13-6-3-11(19)4-7-13)16-23-15-9-12(20)5-8-14(15)17(25)24(16)2/h3-10H,1-2H3,(H2,21,22,26)/t10-/m1/s1. The number of aromatic nitrogens is 2. The summed E-state index contributed by atoms with van der Waals surface area (Å²) >= 11 is 11.8. The number of fused-ring (bicyclic) bond motifs is 1. The zero-order valence-electron chi connectivity index (χ0n) is 14.1. The van der Waals surface area contributed by atoms with Gasteiger partial charge in [0, 0.05) is 22.8 Å². The van der Waals surface area contributed by atoms with Crippen LogP contribution in [0, 0.1) is 0 Å². The molecule has 8 heteroatoms. The zero-order valence-corrected chi connectivity index (χ0v) is 15.6. The van der Waals surface area contributed by atoms with E-state index < -0.39 is 12.1 Å². The molecule has 1 heterocycles. The van der Waals surface area contributed by atoms with Crippen LogP contribution in [0.4, 0.5) is 10.5 Å². The second-order valence-corrected chi connectivity index (χ2v) is 6.70. The SMILES string of the molecule is C[C@@H](NC(=O)Nc1ccc(Cl)cc1)c1nc2cc(Cl)ccc2c(=O)n1C. The number of urea groups is 1. The predicted octanol–water partition coefficient (Wildman–Crippen LogP) is 4.12. The zero-order chi connectivity index (χ0) is 18.8. The number of hydrogen-bond donors (Lipinski definition) is 2. The van der Waals surface area contributed by atoms with Gasteiger partial charge in [0.15, 0.2) is 0 Å². The highest BCUT2D eigenvalue weighted by Crippen LogP contribution is 2.18. The van der Waals surface area contributed by atoms with Gasteiger partial charge in [-0.25, -0.2) is 9.78 Å². The Hall–Kier alpha value is -2.57. The molecular formula is C18H16Cl2N4O2. The number of carbonyl (C=O) groups is 1. The van der Waals surface area contributed by atoms with E-state index in [9.17, 15) is 9.59 Å². The first-order chi connectivity index (χ1) is 12.3. The molecule has 0 aliphatic carbocycles. The lowest BCUT2D eigenvalue weighted by molar-refractivity contribution is 0.248. The highest BCUT2D eigenvalue weighted by Gasteiger charge is 2.16. The average molecular weight is 391 g/mol. The number of benzene rings is 2. The molecule has 134 valence electrons. The quantitative estimate of drug-likeness (QED) is 0.705. The number of rotatable bonds is 3. The van der Waals surface area contributed by atoms with Crippen LogP contribution < -0.4 is 16.2 Å². The summed E-state index contributed by atoms with van der Waals surface area (Å²) in [5.41, 5.74) is 0.891. The summed E-state index contributed by atoms with van der Waals surface area (Å²) in [7, 11) is 1.62. The molecule has 26 heavy (non-hydrogen) atoms. The van der Waals surface area contributed by atoms with E-state index in [-0.39, 0.29) is 5.56 Å². The second kappa shape index (κ2) is 7.35. The van der Waals surface area contributed by atoms with Gasteiger partial charge in [0.05, 0.1) is 16.9 Å².